The topological polar surface area (TPSA) is 18.8 Å². The number of aliphatic imine (C=N–C) groups is 1. The molecule has 0 saturated carbocycles. The van der Waals surface area contributed by atoms with Crippen molar-refractivity contribution in [3.05, 3.63) is 12.4 Å². The summed E-state index contributed by atoms with van der Waals surface area (Å²) in [5, 5.41) is 0. The zero-order valence-corrected chi connectivity index (χ0v) is 7.90. The highest BCUT2D eigenvalue weighted by Crippen LogP contribution is 1.96. The Hall–Kier alpha value is -0.830. The van der Waals surface area contributed by atoms with Crippen molar-refractivity contribution in [3.63, 3.8) is 0 Å². The van der Waals surface area contributed by atoms with E-state index in [1.165, 1.54) is 6.42 Å². The molecular weight excluding hydrogens is 150 g/mol. The van der Waals surface area contributed by atoms with Crippen LogP contribution in [0, 0.1) is 0 Å². The number of nitrogens with zero attached hydrogens (tertiary/aromatic N) is 3. The molecule has 1 rings (SSSR count). The molecule has 1 heterocycles. The fourth-order valence-corrected chi connectivity index (χ4v) is 1.16. The Morgan fingerprint density at radius 3 is 2.92 bits per heavy atom. The first kappa shape index (κ1) is 9.26. The van der Waals surface area contributed by atoms with Gasteiger partial charge in [-0.3, -0.25) is 4.99 Å². The smallest absolute Gasteiger partial charge is 0.0527 e. The van der Waals surface area contributed by atoms with E-state index in [2.05, 4.69) is 35.1 Å². The average Bonchev–Trinajstić information content (AvgIpc) is 2.05. The Kier molecular flexibility index (Phi) is 3.80. The number of hydrogen-bond donors (Lipinski definition) is 0. The Morgan fingerprint density at radius 2 is 2.33 bits per heavy atom. The minimum atomic E-state index is 0.962. The van der Waals surface area contributed by atoms with Gasteiger partial charge >= 0.3 is 0 Å². The molecule has 0 spiro atoms. The third-order valence-electron chi connectivity index (χ3n) is 1.84. The monoisotopic (exact) mass is 167 g/mol. The van der Waals surface area contributed by atoms with Crippen molar-refractivity contribution in [1.82, 2.24) is 9.80 Å². The maximum atomic E-state index is 4.01. The van der Waals surface area contributed by atoms with Gasteiger partial charge in [-0.05, 0) is 27.1 Å². The Bertz CT molecular complexity index is 173. The maximum absolute atomic E-state index is 4.01. The van der Waals surface area contributed by atoms with Gasteiger partial charge < -0.3 is 9.80 Å². The quantitative estimate of drug-likeness (QED) is 0.616. The van der Waals surface area contributed by atoms with Crippen LogP contribution in [0.25, 0.3) is 0 Å². The van der Waals surface area contributed by atoms with Gasteiger partial charge in [0.15, 0.2) is 0 Å². The lowest BCUT2D eigenvalue weighted by Gasteiger charge is -2.20. The Balaban J connectivity index is 2.07. The van der Waals surface area contributed by atoms with Crippen molar-refractivity contribution < 1.29 is 0 Å². The molecule has 0 amide bonds. The molecule has 0 aliphatic carbocycles. The van der Waals surface area contributed by atoms with E-state index >= 15 is 0 Å². The predicted molar refractivity (Wildman–Crippen MR) is 52.4 cm³/mol. The van der Waals surface area contributed by atoms with Crippen LogP contribution in [0.15, 0.2) is 17.4 Å². The third kappa shape index (κ3) is 3.53. The van der Waals surface area contributed by atoms with E-state index in [0.717, 1.165) is 19.6 Å². The highest BCUT2D eigenvalue weighted by Gasteiger charge is 1.99. The molecule has 0 unspecified atom stereocenters. The number of rotatable bonds is 4. The standard InChI is InChI=1S/C9H17N3/c1-11(2)6-3-7-12-8-4-10-5-9-12/h4-5,8H,3,6-7,9H2,1-2H3. The second kappa shape index (κ2) is 4.93. The van der Waals surface area contributed by atoms with Crippen molar-refractivity contribution in [2.75, 3.05) is 33.7 Å². The lowest BCUT2D eigenvalue weighted by Crippen LogP contribution is -2.25. The zero-order chi connectivity index (χ0) is 8.81. The van der Waals surface area contributed by atoms with Crippen LogP contribution in [0.5, 0.6) is 0 Å². The fourth-order valence-electron chi connectivity index (χ4n) is 1.16. The van der Waals surface area contributed by atoms with Crippen LogP contribution in [0.1, 0.15) is 6.42 Å². The summed E-state index contributed by atoms with van der Waals surface area (Å²) in [5.41, 5.74) is 0. The summed E-state index contributed by atoms with van der Waals surface area (Å²) < 4.78 is 0. The van der Waals surface area contributed by atoms with E-state index in [1.807, 2.05) is 12.4 Å². The van der Waals surface area contributed by atoms with Crippen molar-refractivity contribution in [3.8, 4) is 0 Å². The average molecular weight is 167 g/mol. The minimum absolute atomic E-state index is 0.962. The van der Waals surface area contributed by atoms with Crippen LogP contribution in [0.4, 0.5) is 0 Å². The van der Waals surface area contributed by atoms with Gasteiger partial charge in [0, 0.05) is 25.2 Å². The van der Waals surface area contributed by atoms with Gasteiger partial charge in [-0.15, -0.1) is 0 Å². The maximum Gasteiger partial charge on any atom is 0.0527 e. The number of hydrogen-bond acceptors (Lipinski definition) is 3. The largest absolute Gasteiger partial charge is 0.371 e. The molecule has 0 fully saturated rings. The summed E-state index contributed by atoms with van der Waals surface area (Å²) in [4.78, 5) is 8.50. The lowest BCUT2D eigenvalue weighted by molar-refractivity contribution is 0.347. The SMILES string of the molecule is CN(C)CCCN1C=CN=CC1. The van der Waals surface area contributed by atoms with Gasteiger partial charge in [-0.1, -0.05) is 0 Å². The molecule has 0 atom stereocenters. The Morgan fingerprint density at radius 1 is 1.50 bits per heavy atom. The van der Waals surface area contributed by atoms with Gasteiger partial charge in [-0.2, -0.15) is 0 Å². The first-order valence-corrected chi connectivity index (χ1v) is 4.36. The van der Waals surface area contributed by atoms with Crippen LogP contribution in [-0.2, 0) is 0 Å². The fraction of sp³-hybridized carbons (Fsp3) is 0.667. The summed E-state index contributed by atoms with van der Waals surface area (Å²) in [7, 11) is 4.21. The van der Waals surface area contributed by atoms with E-state index in [-0.39, 0.29) is 0 Å². The van der Waals surface area contributed by atoms with Crippen LogP contribution in [0.3, 0.4) is 0 Å². The van der Waals surface area contributed by atoms with Crippen molar-refractivity contribution in [2.45, 2.75) is 6.42 Å². The highest BCUT2D eigenvalue weighted by molar-refractivity contribution is 5.61. The van der Waals surface area contributed by atoms with E-state index in [9.17, 15) is 0 Å². The van der Waals surface area contributed by atoms with E-state index in [0.29, 0.717) is 0 Å². The van der Waals surface area contributed by atoms with Crippen LogP contribution in [0.2, 0.25) is 0 Å². The highest BCUT2D eigenvalue weighted by atomic mass is 15.1. The van der Waals surface area contributed by atoms with E-state index in [4.69, 9.17) is 0 Å². The van der Waals surface area contributed by atoms with Crippen LogP contribution < -0.4 is 0 Å². The van der Waals surface area contributed by atoms with Gasteiger partial charge in [0.2, 0.25) is 0 Å². The first-order valence-electron chi connectivity index (χ1n) is 4.36. The summed E-state index contributed by atoms with van der Waals surface area (Å²) in [6.45, 7) is 3.24. The molecule has 0 radical (unpaired) electrons. The van der Waals surface area contributed by atoms with E-state index in [1.54, 1.807) is 0 Å². The first-order chi connectivity index (χ1) is 5.79. The molecular formula is C9H17N3. The Labute approximate surface area is 74.4 Å². The zero-order valence-electron chi connectivity index (χ0n) is 7.90. The second-order valence-corrected chi connectivity index (χ2v) is 3.28. The van der Waals surface area contributed by atoms with Crippen molar-refractivity contribution in [1.29, 1.82) is 0 Å². The molecule has 0 saturated heterocycles. The molecule has 12 heavy (non-hydrogen) atoms. The summed E-state index contributed by atoms with van der Waals surface area (Å²) in [6, 6.07) is 0. The summed E-state index contributed by atoms with van der Waals surface area (Å²) in [5.74, 6) is 0. The van der Waals surface area contributed by atoms with Gasteiger partial charge in [0.25, 0.3) is 0 Å². The predicted octanol–water partition coefficient (Wildman–Crippen LogP) is 0.796. The third-order valence-corrected chi connectivity index (χ3v) is 1.84. The van der Waals surface area contributed by atoms with Crippen molar-refractivity contribution in [2.24, 2.45) is 4.99 Å². The molecule has 0 aromatic heterocycles. The minimum Gasteiger partial charge on any atom is -0.371 e. The lowest BCUT2D eigenvalue weighted by atomic mass is 10.3. The van der Waals surface area contributed by atoms with E-state index < -0.39 is 0 Å². The summed E-state index contributed by atoms with van der Waals surface area (Å²) >= 11 is 0. The molecule has 3 heteroatoms. The van der Waals surface area contributed by atoms with Gasteiger partial charge in [0.05, 0.1) is 6.54 Å². The molecule has 1 aliphatic rings. The molecule has 0 aromatic carbocycles. The second-order valence-electron chi connectivity index (χ2n) is 3.28. The molecule has 0 bridgehead atoms. The molecule has 68 valence electrons. The van der Waals surface area contributed by atoms with Crippen LogP contribution in [-0.4, -0.2) is 49.7 Å². The summed E-state index contributed by atoms with van der Waals surface area (Å²) in [6.07, 6.45) is 7.05. The normalized spacial score (nSPS) is 16.1. The molecule has 0 aromatic rings. The van der Waals surface area contributed by atoms with Crippen molar-refractivity contribution >= 4 is 6.21 Å². The molecule has 1 aliphatic heterocycles. The van der Waals surface area contributed by atoms with Gasteiger partial charge in [0.1, 0.15) is 0 Å². The molecule has 0 N–H and O–H groups in total. The molecule has 3 nitrogen and oxygen atoms in total. The van der Waals surface area contributed by atoms with Crippen LogP contribution >= 0.6 is 0 Å². The van der Waals surface area contributed by atoms with Gasteiger partial charge in [-0.25, -0.2) is 0 Å².